The normalized spacial score (nSPS) is 18.1. The molecule has 1 fully saturated rings. The maximum atomic E-state index is 11.8. The molecule has 0 bridgehead atoms. The minimum absolute atomic E-state index is 0.107. The molecule has 0 heterocycles. The molecule has 15 heavy (non-hydrogen) atoms. The maximum Gasteiger partial charge on any atom is 0.225 e. The lowest BCUT2D eigenvalue weighted by Crippen LogP contribution is -2.38. The molecule has 0 aromatic carbocycles. The fourth-order valence-electron chi connectivity index (χ4n) is 2.34. The van der Waals surface area contributed by atoms with E-state index in [2.05, 4.69) is 6.92 Å². The van der Waals surface area contributed by atoms with Gasteiger partial charge in [0.1, 0.15) is 0 Å². The van der Waals surface area contributed by atoms with Crippen molar-refractivity contribution in [1.29, 1.82) is 0 Å². The summed E-state index contributed by atoms with van der Waals surface area (Å²) in [6.07, 6.45) is 6.64. The van der Waals surface area contributed by atoms with E-state index in [1.807, 2.05) is 18.7 Å². The summed E-state index contributed by atoms with van der Waals surface area (Å²) in [5.74, 6) is 1.09. The number of hydrogen-bond acceptors (Lipinski definition) is 1. The molecule has 2 nitrogen and oxygen atoms in total. The zero-order valence-electron chi connectivity index (χ0n) is 10.2. The highest BCUT2D eigenvalue weighted by atomic mass is 16.2. The Morgan fingerprint density at radius 2 is 1.93 bits per heavy atom. The first-order chi connectivity index (χ1) is 7.15. The smallest absolute Gasteiger partial charge is 0.225 e. The Hall–Kier alpha value is -0.530. The molecule has 1 rings (SSSR count). The molecule has 0 unspecified atom stereocenters. The SMILES string of the molecule is [CH2]CN(CC1CCCCC1)C(=O)C(C)C. The third kappa shape index (κ3) is 3.84. The monoisotopic (exact) mass is 210 g/mol. The van der Waals surface area contributed by atoms with Gasteiger partial charge in [0, 0.05) is 19.0 Å². The largest absolute Gasteiger partial charge is 0.342 e. The van der Waals surface area contributed by atoms with E-state index in [-0.39, 0.29) is 11.8 Å². The van der Waals surface area contributed by atoms with E-state index in [0.29, 0.717) is 6.54 Å². The van der Waals surface area contributed by atoms with Crippen molar-refractivity contribution in [3.05, 3.63) is 6.92 Å². The highest BCUT2D eigenvalue weighted by Crippen LogP contribution is 2.24. The van der Waals surface area contributed by atoms with Gasteiger partial charge in [0.05, 0.1) is 0 Å². The third-order valence-electron chi connectivity index (χ3n) is 3.28. The molecule has 0 N–H and O–H groups in total. The van der Waals surface area contributed by atoms with Gasteiger partial charge < -0.3 is 4.90 Å². The van der Waals surface area contributed by atoms with Crippen LogP contribution < -0.4 is 0 Å². The Kier molecular flexibility index (Phi) is 5.13. The first-order valence-corrected chi connectivity index (χ1v) is 6.23. The third-order valence-corrected chi connectivity index (χ3v) is 3.28. The molecule has 87 valence electrons. The summed E-state index contributed by atoms with van der Waals surface area (Å²) in [5, 5.41) is 0. The molecule has 0 saturated heterocycles. The second-order valence-corrected chi connectivity index (χ2v) is 4.94. The summed E-state index contributed by atoms with van der Waals surface area (Å²) >= 11 is 0. The van der Waals surface area contributed by atoms with Crippen LogP contribution in [0, 0.1) is 18.8 Å². The van der Waals surface area contributed by atoms with E-state index in [4.69, 9.17) is 0 Å². The van der Waals surface area contributed by atoms with Gasteiger partial charge in [0.25, 0.3) is 0 Å². The molecule has 1 saturated carbocycles. The summed E-state index contributed by atoms with van der Waals surface area (Å²) in [6, 6.07) is 0. The number of amides is 1. The van der Waals surface area contributed by atoms with Gasteiger partial charge in [-0.25, -0.2) is 0 Å². The van der Waals surface area contributed by atoms with Crippen molar-refractivity contribution in [2.45, 2.75) is 46.0 Å². The van der Waals surface area contributed by atoms with Gasteiger partial charge in [0.15, 0.2) is 0 Å². The summed E-state index contributed by atoms with van der Waals surface area (Å²) in [5.41, 5.74) is 0. The number of rotatable bonds is 4. The van der Waals surface area contributed by atoms with Crippen molar-refractivity contribution in [1.82, 2.24) is 4.90 Å². The molecule has 2 heteroatoms. The van der Waals surface area contributed by atoms with Crippen molar-refractivity contribution in [3.63, 3.8) is 0 Å². The molecule has 0 spiro atoms. The number of hydrogen-bond donors (Lipinski definition) is 0. The molecule has 1 amide bonds. The molecule has 1 aliphatic carbocycles. The summed E-state index contributed by atoms with van der Waals surface area (Å²) in [4.78, 5) is 13.8. The Balaban J connectivity index is 2.41. The van der Waals surface area contributed by atoms with Crippen molar-refractivity contribution >= 4 is 5.91 Å². The summed E-state index contributed by atoms with van der Waals surface area (Å²) < 4.78 is 0. The van der Waals surface area contributed by atoms with Crippen LogP contribution in [0.4, 0.5) is 0 Å². The first-order valence-electron chi connectivity index (χ1n) is 6.23. The van der Waals surface area contributed by atoms with Crippen molar-refractivity contribution in [3.8, 4) is 0 Å². The van der Waals surface area contributed by atoms with Crippen LogP contribution in [0.1, 0.15) is 46.0 Å². The Morgan fingerprint density at radius 3 is 2.40 bits per heavy atom. The molecule has 1 aliphatic rings. The van der Waals surface area contributed by atoms with Gasteiger partial charge in [-0.15, -0.1) is 0 Å². The number of carbonyl (C=O) groups is 1. The van der Waals surface area contributed by atoms with Crippen LogP contribution in [0.15, 0.2) is 0 Å². The van der Waals surface area contributed by atoms with Crippen molar-refractivity contribution in [2.75, 3.05) is 13.1 Å². The fourth-order valence-corrected chi connectivity index (χ4v) is 2.34. The van der Waals surface area contributed by atoms with Crippen molar-refractivity contribution in [2.24, 2.45) is 11.8 Å². The highest BCUT2D eigenvalue weighted by Gasteiger charge is 2.21. The highest BCUT2D eigenvalue weighted by molar-refractivity contribution is 5.78. The standard InChI is InChI=1S/C13H24NO/c1-4-14(13(15)11(2)3)10-12-8-6-5-7-9-12/h11-12H,1,4-10H2,2-3H3. The second-order valence-electron chi connectivity index (χ2n) is 4.94. The second kappa shape index (κ2) is 6.14. The van der Waals surface area contributed by atoms with E-state index >= 15 is 0 Å². The Bertz CT molecular complexity index is 195. The molecule has 0 atom stereocenters. The quantitative estimate of drug-likeness (QED) is 0.698. The lowest BCUT2D eigenvalue weighted by atomic mass is 9.89. The molecule has 0 aromatic heterocycles. The predicted octanol–water partition coefficient (Wildman–Crippen LogP) is 2.89. The molecule has 0 aromatic rings. The van der Waals surface area contributed by atoms with Gasteiger partial charge in [-0.3, -0.25) is 4.79 Å². The minimum Gasteiger partial charge on any atom is -0.342 e. The van der Waals surface area contributed by atoms with Gasteiger partial charge >= 0.3 is 0 Å². The van der Waals surface area contributed by atoms with Gasteiger partial charge in [-0.1, -0.05) is 33.1 Å². The van der Waals surface area contributed by atoms with E-state index in [0.717, 1.165) is 12.5 Å². The first kappa shape index (κ1) is 12.5. The van der Waals surface area contributed by atoms with Gasteiger partial charge in [-0.05, 0) is 25.7 Å². The number of carbonyl (C=O) groups excluding carboxylic acids is 1. The summed E-state index contributed by atoms with van der Waals surface area (Å²) in [6.45, 7) is 9.34. The summed E-state index contributed by atoms with van der Waals surface area (Å²) in [7, 11) is 0. The molecular formula is C13H24NO. The van der Waals surface area contributed by atoms with Crippen molar-refractivity contribution < 1.29 is 4.79 Å². The average molecular weight is 210 g/mol. The average Bonchev–Trinajstić information content (AvgIpc) is 2.26. The van der Waals surface area contributed by atoms with E-state index in [9.17, 15) is 4.79 Å². The van der Waals surface area contributed by atoms with Crippen LogP contribution in [0.5, 0.6) is 0 Å². The van der Waals surface area contributed by atoms with E-state index in [1.165, 1.54) is 32.1 Å². The van der Waals surface area contributed by atoms with Crippen LogP contribution in [0.25, 0.3) is 0 Å². The molecule has 1 radical (unpaired) electrons. The van der Waals surface area contributed by atoms with Gasteiger partial charge in [-0.2, -0.15) is 0 Å². The van der Waals surface area contributed by atoms with Crippen LogP contribution in [-0.2, 0) is 4.79 Å². The lowest BCUT2D eigenvalue weighted by molar-refractivity contribution is -0.134. The van der Waals surface area contributed by atoms with Crippen LogP contribution >= 0.6 is 0 Å². The predicted molar refractivity (Wildman–Crippen MR) is 63.4 cm³/mol. The Labute approximate surface area is 94.0 Å². The number of nitrogens with zero attached hydrogens (tertiary/aromatic N) is 1. The topological polar surface area (TPSA) is 20.3 Å². The zero-order valence-corrected chi connectivity index (χ0v) is 10.2. The molecular weight excluding hydrogens is 186 g/mol. The van der Waals surface area contributed by atoms with Gasteiger partial charge in [0.2, 0.25) is 5.91 Å². The lowest BCUT2D eigenvalue weighted by Gasteiger charge is -2.30. The van der Waals surface area contributed by atoms with Crippen LogP contribution in [-0.4, -0.2) is 23.9 Å². The fraction of sp³-hybridized carbons (Fsp3) is 0.846. The molecule has 0 aliphatic heterocycles. The van der Waals surface area contributed by atoms with E-state index < -0.39 is 0 Å². The zero-order chi connectivity index (χ0) is 11.3. The maximum absolute atomic E-state index is 11.8. The van der Waals surface area contributed by atoms with Crippen LogP contribution in [0.3, 0.4) is 0 Å². The van der Waals surface area contributed by atoms with E-state index in [1.54, 1.807) is 0 Å². The minimum atomic E-state index is 0.107. The van der Waals surface area contributed by atoms with Crippen LogP contribution in [0.2, 0.25) is 0 Å². The Morgan fingerprint density at radius 1 is 1.33 bits per heavy atom.